The van der Waals surface area contributed by atoms with E-state index in [0.717, 1.165) is 56.7 Å². The van der Waals surface area contributed by atoms with Crippen LogP contribution in [0.5, 0.6) is 5.75 Å². The third-order valence-electron chi connectivity index (χ3n) is 10.1. The quantitative estimate of drug-likeness (QED) is 0.118. The maximum absolute atomic E-state index is 6.49. The maximum atomic E-state index is 6.49. The Balaban J connectivity index is 0.00000138. The zero-order valence-electron chi connectivity index (χ0n) is 32.0. The molecule has 0 saturated carbocycles. The molecule has 6 heteroatoms. The minimum Gasteiger partial charge on any atom is -0.494 e. The summed E-state index contributed by atoms with van der Waals surface area (Å²) in [7, 11) is 0. The molecule has 0 fully saturated rings. The number of rotatable bonds is 12. The summed E-state index contributed by atoms with van der Waals surface area (Å²) in [5, 5.41) is 14.0. The highest BCUT2D eigenvalue weighted by Gasteiger charge is 2.19. The van der Waals surface area contributed by atoms with Gasteiger partial charge in [-0.2, -0.15) is 0 Å². The van der Waals surface area contributed by atoms with Gasteiger partial charge in [0.25, 0.3) is 0 Å². The molecule has 0 spiro atoms. The number of para-hydroxylation sites is 4. The third kappa shape index (κ3) is 7.25. The Labute approximate surface area is 323 Å². The summed E-state index contributed by atoms with van der Waals surface area (Å²) >= 11 is 0. The molecule has 0 bridgehead atoms. The molecular weight excluding hydrogens is 677 g/mol. The zero-order valence-corrected chi connectivity index (χ0v) is 32.0. The van der Waals surface area contributed by atoms with Crippen LogP contribution < -0.4 is 4.74 Å². The van der Waals surface area contributed by atoms with Gasteiger partial charge in [-0.15, -0.1) is 10.2 Å². The van der Waals surface area contributed by atoms with Crippen LogP contribution in [-0.2, 0) is 0 Å². The number of fused-ring (bicyclic) bond motifs is 6. The van der Waals surface area contributed by atoms with E-state index in [0.29, 0.717) is 18.4 Å². The topological polar surface area (TPSA) is 58.0 Å². The molecule has 0 radical (unpaired) electrons. The van der Waals surface area contributed by atoms with Crippen molar-refractivity contribution in [3.8, 4) is 40.0 Å². The number of ether oxygens (including phenoxy) is 1. The monoisotopic (exact) mass is 724 g/mol. The van der Waals surface area contributed by atoms with Crippen molar-refractivity contribution in [1.82, 2.24) is 19.3 Å². The van der Waals surface area contributed by atoms with Gasteiger partial charge in [-0.05, 0) is 67.1 Å². The van der Waals surface area contributed by atoms with Crippen molar-refractivity contribution in [2.24, 2.45) is 0 Å². The third-order valence-corrected chi connectivity index (χ3v) is 10.1. The van der Waals surface area contributed by atoms with Gasteiger partial charge in [-0.25, -0.2) is 0 Å². The van der Waals surface area contributed by atoms with Gasteiger partial charge in [0.15, 0.2) is 0 Å². The molecule has 6 aromatic carbocycles. The zero-order chi connectivity index (χ0) is 37.6. The minimum absolute atomic E-state index is 0.457. The van der Waals surface area contributed by atoms with Crippen molar-refractivity contribution >= 4 is 43.6 Å². The predicted molar refractivity (Wildman–Crippen MR) is 229 cm³/mol. The van der Waals surface area contributed by atoms with E-state index >= 15 is 0 Å². The van der Waals surface area contributed by atoms with E-state index in [9.17, 15) is 0 Å². The molecule has 0 atom stereocenters. The van der Waals surface area contributed by atoms with E-state index in [1.54, 1.807) is 0 Å². The van der Waals surface area contributed by atoms with Gasteiger partial charge >= 0.3 is 0 Å². The van der Waals surface area contributed by atoms with Crippen molar-refractivity contribution in [3.63, 3.8) is 0 Å². The summed E-state index contributed by atoms with van der Waals surface area (Å²) in [6.07, 6.45) is 8.62. The van der Waals surface area contributed by atoms with Crippen molar-refractivity contribution in [2.75, 3.05) is 6.61 Å². The second-order valence-corrected chi connectivity index (χ2v) is 14.2. The molecule has 6 nitrogen and oxygen atoms in total. The average molecular weight is 725 g/mol. The van der Waals surface area contributed by atoms with E-state index in [1.165, 1.54) is 60.1 Å². The molecule has 3 heterocycles. The van der Waals surface area contributed by atoms with E-state index in [4.69, 9.17) is 9.15 Å². The molecule has 3 aromatic heterocycles. The van der Waals surface area contributed by atoms with E-state index in [2.05, 4.69) is 155 Å². The maximum Gasteiger partial charge on any atom is 0.248 e. The molecule has 0 saturated heterocycles. The van der Waals surface area contributed by atoms with Crippen molar-refractivity contribution in [3.05, 3.63) is 140 Å². The summed E-state index contributed by atoms with van der Waals surface area (Å²) in [5.74, 6) is 1.73. The number of hydrogen-bond donors (Lipinski definition) is 0. The van der Waals surface area contributed by atoms with Gasteiger partial charge in [0.1, 0.15) is 5.75 Å². The van der Waals surface area contributed by atoms with Gasteiger partial charge in [-0.1, -0.05) is 138 Å². The smallest absolute Gasteiger partial charge is 0.248 e. The summed E-state index contributed by atoms with van der Waals surface area (Å²) in [4.78, 5) is 0. The van der Waals surface area contributed by atoms with Crippen LogP contribution in [0.2, 0.25) is 0 Å². The highest BCUT2D eigenvalue weighted by atomic mass is 16.5. The lowest BCUT2D eigenvalue weighted by Gasteiger charge is -2.14. The van der Waals surface area contributed by atoms with E-state index in [-0.39, 0.29) is 0 Å². The van der Waals surface area contributed by atoms with Crippen LogP contribution in [0.15, 0.2) is 144 Å². The molecule has 9 aromatic rings. The lowest BCUT2D eigenvalue weighted by Crippen LogP contribution is -2.00. The Bertz CT molecular complexity index is 2460. The number of unbranched alkanes of at least 4 members (excludes halogenated alkanes) is 5. The average Bonchev–Trinajstić information content (AvgIpc) is 3.94. The Morgan fingerprint density at radius 2 is 0.927 bits per heavy atom. The molecule has 0 amide bonds. The van der Waals surface area contributed by atoms with E-state index < -0.39 is 0 Å². The number of nitrogens with zero attached hydrogens (tertiary/aromatic N) is 4. The number of benzene rings is 6. The fourth-order valence-electron chi connectivity index (χ4n) is 7.63. The van der Waals surface area contributed by atoms with Gasteiger partial charge in [0.2, 0.25) is 11.8 Å². The molecule has 276 valence electrons. The molecule has 55 heavy (non-hydrogen) atoms. The van der Waals surface area contributed by atoms with Crippen LogP contribution in [-0.4, -0.2) is 25.9 Å². The first-order valence-corrected chi connectivity index (χ1v) is 19.9. The normalized spacial score (nSPS) is 11.4. The molecule has 0 aliphatic heterocycles. The number of aromatic nitrogens is 4. The van der Waals surface area contributed by atoms with Crippen LogP contribution >= 0.6 is 0 Å². The Morgan fingerprint density at radius 1 is 0.473 bits per heavy atom. The first-order valence-electron chi connectivity index (χ1n) is 19.9. The number of hydrogen-bond acceptors (Lipinski definition) is 4. The summed E-state index contributed by atoms with van der Waals surface area (Å²) in [5.41, 5.74) is 8.24. The van der Waals surface area contributed by atoms with Crippen LogP contribution in [0.4, 0.5) is 0 Å². The first kappa shape index (κ1) is 35.9. The second kappa shape index (κ2) is 16.5. The summed E-state index contributed by atoms with van der Waals surface area (Å²) in [6.45, 7) is 7.20. The highest BCUT2D eigenvalue weighted by Crippen LogP contribution is 2.38. The van der Waals surface area contributed by atoms with Crippen LogP contribution in [0.1, 0.15) is 65.7 Å². The molecule has 9 rings (SSSR count). The van der Waals surface area contributed by atoms with E-state index in [1.807, 2.05) is 24.3 Å². The molecular formula is C49H48N4O2. The van der Waals surface area contributed by atoms with Crippen LogP contribution in [0.25, 0.3) is 77.9 Å². The lowest BCUT2D eigenvalue weighted by atomic mass is 10.1. The fraction of sp³-hybridized carbons (Fsp3) is 0.224. The summed E-state index contributed by atoms with van der Waals surface area (Å²) < 4.78 is 17.3. The minimum atomic E-state index is 0.457. The Hall–Kier alpha value is -6.14. The van der Waals surface area contributed by atoms with Gasteiger partial charge in [0.05, 0.1) is 28.7 Å². The van der Waals surface area contributed by atoms with Crippen molar-refractivity contribution < 1.29 is 9.15 Å². The molecule has 0 aliphatic rings. The van der Waals surface area contributed by atoms with Gasteiger partial charge in [-0.3, -0.25) is 0 Å². The largest absolute Gasteiger partial charge is 0.494 e. The van der Waals surface area contributed by atoms with Crippen LogP contribution in [0.3, 0.4) is 0 Å². The standard InChI is InChI=1S/C46H40N4O2.C3H8/c1-2-3-4-5-6-15-27-51-36-18-16-17-32(30-36)45-47-48-46(52-45)33-28-34(49-41-23-11-7-19-37(41)38-20-8-12-24-42(38)49)31-35(29-33)50-43-25-13-9-21-39(43)40-22-10-14-26-44(40)50;1-3-2/h7-14,16-26,28-31H,2-6,15,27H2,1H3;3H2,1-2H3. The summed E-state index contributed by atoms with van der Waals surface area (Å²) in [6, 6.07) is 48.9. The Kier molecular flexibility index (Phi) is 10.7. The van der Waals surface area contributed by atoms with Gasteiger partial charge in [0, 0.05) is 44.0 Å². The molecule has 0 aliphatic carbocycles. The second-order valence-electron chi connectivity index (χ2n) is 14.2. The SMILES string of the molecule is CCC.CCCCCCCCOc1cccc(-c2nnc(-c3cc(-n4c5ccccc5c5ccccc54)cc(-n4c5ccccc5c5ccccc54)c3)o2)c1. The molecule has 0 unspecified atom stereocenters. The van der Waals surface area contributed by atoms with Crippen molar-refractivity contribution in [1.29, 1.82) is 0 Å². The predicted octanol–water partition coefficient (Wildman–Crippen LogP) is 13.8. The highest BCUT2D eigenvalue weighted by molar-refractivity contribution is 6.10. The van der Waals surface area contributed by atoms with Crippen LogP contribution in [0, 0.1) is 0 Å². The molecule has 0 N–H and O–H groups in total. The fourth-order valence-corrected chi connectivity index (χ4v) is 7.63. The van der Waals surface area contributed by atoms with Gasteiger partial charge < -0.3 is 18.3 Å². The first-order chi connectivity index (χ1) is 27.2. The van der Waals surface area contributed by atoms with Crippen molar-refractivity contribution in [2.45, 2.75) is 65.7 Å². The Morgan fingerprint density at radius 3 is 1.44 bits per heavy atom. The lowest BCUT2D eigenvalue weighted by molar-refractivity contribution is 0.304.